The SMILES string of the molecule is CCC(C)(C#N)C(=O)N1CCOCC1C(=O)OC. The molecule has 1 rings (SSSR count). The number of hydrogen-bond donors (Lipinski definition) is 0. The van der Waals surface area contributed by atoms with Crippen molar-refractivity contribution >= 4 is 11.9 Å². The van der Waals surface area contributed by atoms with E-state index in [1.54, 1.807) is 13.8 Å². The van der Waals surface area contributed by atoms with E-state index in [0.717, 1.165) is 0 Å². The van der Waals surface area contributed by atoms with Crippen LogP contribution in [0, 0.1) is 16.7 Å². The van der Waals surface area contributed by atoms with Crippen LogP contribution in [0.4, 0.5) is 0 Å². The Kier molecular flexibility index (Phi) is 4.68. The van der Waals surface area contributed by atoms with Crippen LogP contribution in [0.3, 0.4) is 0 Å². The normalized spacial score (nSPS) is 22.8. The number of methoxy groups -OCH3 is 1. The molecule has 0 saturated carbocycles. The van der Waals surface area contributed by atoms with Crippen molar-refractivity contribution in [1.29, 1.82) is 5.26 Å². The van der Waals surface area contributed by atoms with Gasteiger partial charge in [-0.2, -0.15) is 5.26 Å². The fourth-order valence-electron chi connectivity index (χ4n) is 1.77. The lowest BCUT2D eigenvalue weighted by molar-refractivity contribution is -0.163. The number of hydrogen-bond acceptors (Lipinski definition) is 5. The first kappa shape index (κ1) is 14.5. The maximum atomic E-state index is 12.4. The molecular weight excluding hydrogens is 236 g/mol. The summed E-state index contributed by atoms with van der Waals surface area (Å²) in [6.45, 7) is 4.14. The molecule has 0 aromatic heterocycles. The summed E-state index contributed by atoms with van der Waals surface area (Å²) in [5, 5.41) is 9.12. The van der Waals surface area contributed by atoms with Crippen molar-refractivity contribution in [3.8, 4) is 6.07 Å². The highest BCUT2D eigenvalue weighted by Crippen LogP contribution is 2.25. The van der Waals surface area contributed by atoms with Crippen molar-refractivity contribution in [1.82, 2.24) is 4.90 Å². The van der Waals surface area contributed by atoms with E-state index in [-0.39, 0.29) is 12.5 Å². The summed E-state index contributed by atoms with van der Waals surface area (Å²) in [7, 11) is 1.27. The Balaban J connectivity index is 2.94. The van der Waals surface area contributed by atoms with Crippen LogP contribution < -0.4 is 0 Å². The molecule has 0 bridgehead atoms. The molecule has 1 amide bonds. The van der Waals surface area contributed by atoms with Crippen LogP contribution in [-0.4, -0.2) is 49.7 Å². The highest BCUT2D eigenvalue weighted by molar-refractivity contribution is 5.89. The van der Waals surface area contributed by atoms with E-state index < -0.39 is 17.4 Å². The first-order valence-corrected chi connectivity index (χ1v) is 5.88. The van der Waals surface area contributed by atoms with Crippen LogP contribution in [0.15, 0.2) is 0 Å². The number of carbonyl (C=O) groups excluding carboxylic acids is 2. The van der Waals surface area contributed by atoms with Crippen molar-refractivity contribution in [3.05, 3.63) is 0 Å². The summed E-state index contributed by atoms with van der Waals surface area (Å²) in [5.74, 6) is -0.856. The number of esters is 1. The monoisotopic (exact) mass is 254 g/mol. The highest BCUT2D eigenvalue weighted by Gasteiger charge is 2.42. The zero-order valence-corrected chi connectivity index (χ0v) is 10.9. The van der Waals surface area contributed by atoms with Crippen LogP contribution in [0.25, 0.3) is 0 Å². The number of nitrogens with zero attached hydrogens (tertiary/aromatic N) is 2. The van der Waals surface area contributed by atoms with Crippen molar-refractivity contribution < 1.29 is 19.1 Å². The smallest absolute Gasteiger partial charge is 0.331 e. The predicted molar refractivity (Wildman–Crippen MR) is 62.3 cm³/mol. The number of nitriles is 1. The molecule has 2 unspecified atom stereocenters. The van der Waals surface area contributed by atoms with Crippen LogP contribution >= 0.6 is 0 Å². The summed E-state index contributed by atoms with van der Waals surface area (Å²) in [6, 6.07) is 1.26. The van der Waals surface area contributed by atoms with Gasteiger partial charge in [-0.25, -0.2) is 4.79 Å². The molecule has 6 heteroatoms. The maximum absolute atomic E-state index is 12.4. The molecule has 0 aromatic carbocycles. The third-order valence-corrected chi connectivity index (χ3v) is 3.29. The van der Waals surface area contributed by atoms with Gasteiger partial charge >= 0.3 is 5.97 Å². The van der Waals surface area contributed by atoms with Crippen molar-refractivity contribution in [2.45, 2.75) is 26.3 Å². The maximum Gasteiger partial charge on any atom is 0.331 e. The lowest BCUT2D eigenvalue weighted by atomic mass is 9.87. The largest absolute Gasteiger partial charge is 0.467 e. The second-order valence-corrected chi connectivity index (χ2v) is 4.41. The highest BCUT2D eigenvalue weighted by atomic mass is 16.5. The molecule has 6 nitrogen and oxygen atoms in total. The van der Waals surface area contributed by atoms with Crippen LogP contribution in [0.5, 0.6) is 0 Å². The average Bonchev–Trinajstić information content (AvgIpc) is 2.44. The number of amides is 1. The molecule has 100 valence electrons. The van der Waals surface area contributed by atoms with Crippen molar-refractivity contribution in [2.24, 2.45) is 5.41 Å². The van der Waals surface area contributed by atoms with Gasteiger partial charge in [0.1, 0.15) is 5.41 Å². The van der Waals surface area contributed by atoms with E-state index in [1.807, 2.05) is 6.07 Å². The Morgan fingerprint density at radius 2 is 2.28 bits per heavy atom. The van der Waals surface area contributed by atoms with E-state index >= 15 is 0 Å². The molecule has 1 fully saturated rings. The van der Waals surface area contributed by atoms with Gasteiger partial charge in [-0.3, -0.25) is 4.79 Å². The summed E-state index contributed by atoms with van der Waals surface area (Å²) >= 11 is 0. The lowest BCUT2D eigenvalue weighted by Gasteiger charge is -2.37. The molecule has 18 heavy (non-hydrogen) atoms. The van der Waals surface area contributed by atoms with Gasteiger partial charge in [0.2, 0.25) is 5.91 Å². The molecule has 1 saturated heterocycles. The van der Waals surface area contributed by atoms with Gasteiger partial charge in [-0.1, -0.05) is 6.92 Å². The zero-order valence-electron chi connectivity index (χ0n) is 10.9. The number of rotatable bonds is 3. The van der Waals surface area contributed by atoms with Crippen LogP contribution in [0.1, 0.15) is 20.3 Å². The van der Waals surface area contributed by atoms with Gasteiger partial charge in [0, 0.05) is 6.54 Å². The number of morpholine rings is 1. The standard InChI is InChI=1S/C12H18N2O4/c1-4-12(2,8-13)11(16)14-5-6-18-7-9(14)10(15)17-3/h9H,4-7H2,1-3H3. The second kappa shape index (κ2) is 5.83. The number of ether oxygens (including phenoxy) is 2. The van der Waals surface area contributed by atoms with Gasteiger partial charge < -0.3 is 14.4 Å². The lowest BCUT2D eigenvalue weighted by Crippen LogP contribution is -2.56. The summed E-state index contributed by atoms with van der Waals surface area (Å²) in [4.78, 5) is 25.4. The Morgan fingerprint density at radius 3 is 2.78 bits per heavy atom. The summed E-state index contributed by atoms with van der Waals surface area (Å²) < 4.78 is 9.84. The molecule has 1 aliphatic rings. The molecule has 0 aliphatic carbocycles. The molecular formula is C12H18N2O4. The third kappa shape index (κ3) is 2.62. The first-order chi connectivity index (χ1) is 8.50. The van der Waals surface area contributed by atoms with Gasteiger partial charge in [-0.05, 0) is 13.3 Å². The molecule has 0 aromatic rings. The summed E-state index contributed by atoms with van der Waals surface area (Å²) in [6.07, 6.45) is 0.396. The quantitative estimate of drug-likeness (QED) is 0.678. The van der Waals surface area contributed by atoms with Crippen LogP contribution in [-0.2, 0) is 19.1 Å². The average molecular weight is 254 g/mol. The fourth-order valence-corrected chi connectivity index (χ4v) is 1.77. The Bertz CT molecular complexity index is 377. The molecule has 0 N–H and O–H groups in total. The van der Waals surface area contributed by atoms with Crippen molar-refractivity contribution in [2.75, 3.05) is 26.9 Å². The fraction of sp³-hybridized carbons (Fsp3) is 0.750. The van der Waals surface area contributed by atoms with Gasteiger partial charge in [0.25, 0.3) is 0 Å². The second-order valence-electron chi connectivity index (χ2n) is 4.41. The van der Waals surface area contributed by atoms with Gasteiger partial charge in [0.05, 0.1) is 26.4 Å². The van der Waals surface area contributed by atoms with E-state index in [2.05, 4.69) is 4.74 Å². The minimum absolute atomic E-state index is 0.115. The minimum atomic E-state index is -1.11. The molecule has 1 aliphatic heterocycles. The Hall–Kier alpha value is -1.61. The van der Waals surface area contributed by atoms with E-state index in [4.69, 9.17) is 10.00 Å². The number of carbonyl (C=O) groups is 2. The molecule has 0 radical (unpaired) electrons. The third-order valence-electron chi connectivity index (χ3n) is 3.29. The van der Waals surface area contributed by atoms with Crippen LogP contribution in [0.2, 0.25) is 0 Å². The minimum Gasteiger partial charge on any atom is -0.467 e. The first-order valence-electron chi connectivity index (χ1n) is 5.88. The van der Waals surface area contributed by atoms with Crippen molar-refractivity contribution in [3.63, 3.8) is 0 Å². The molecule has 1 heterocycles. The Labute approximate surface area is 106 Å². The molecule has 0 spiro atoms. The van der Waals surface area contributed by atoms with Gasteiger partial charge in [-0.15, -0.1) is 0 Å². The topological polar surface area (TPSA) is 79.6 Å². The molecule has 2 atom stereocenters. The van der Waals surface area contributed by atoms with E-state index in [9.17, 15) is 9.59 Å². The van der Waals surface area contributed by atoms with E-state index in [1.165, 1.54) is 12.0 Å². The van der Waals surface area contributed by atoms with Gasteiger partial charge in [0.15, 0.2) is 6.04 Å². The predicted octanol–water partition coefficient (Wildman–Crippen LogP) is 0.327. The summed E-state index contributed by atoms with van der Waals surface area (Å²) in [5.41, 5.74) is -1.11. The van der Waals surface area contributed by atoms with E-state index in [0.29, 0.717) is 19.6 Å². The zero-order chi connectivity index (χ0) is 13.8. The Morgan fingerprint density at radius 1 is 1.61 bits per heavy atom.